The summed E-state index contributed by atoms with van der Waals surface area (Å²) < 4.78 is 1.86. The highest BCUT2D eigenvalue weighted by Gasteiger charge is 2.12. The molecule has 0 aliphatic heterocycles. The summed E-state index contributed by atoms with van der Waals surface area (Å²) in [7, 11) is 1.89. The van der Waals surface area contributed by atoms with Crippen molar-refractivity contribution in [2.45, 2.75) is 25.4 Å². The minimum atomic E-state index is -0.206. The third-order valence-corrected chi connectivity index (χ3v) is 6.25. The maximum Gasteiger partial charge on any atom is 0.237 e. The number of nitrogens with zero attached hydrogens (tertiary/aromatic N) is 5. The van der Waals surface area contributed by atoms with Crippen LogP contribution in [-0.2, 0) is 18.3 Å². The molecule has 0 unspecified atom stereocenters. The number of halogens is 1. The fraction of sp³-hybridized carbons (Fsp3) is 0.261. The molecular weight excluding hydrogens is 472 g/mol. The molecule has 11 heteroatoms. The number of aryl methyl sites for hydroxylation is 3. The number of aromatic nitrogens is 5. The van der Waals surface area contributed by atoms with Gasteiger partial charge in [0.25, 0.3) is 0 Å². The number of thioether (sulfide) groups is 1. The van der Waals surface area contributed by atoms with Gasteiger partial charge in [-0.25, -0.2) is 15.0 Å². The molecule has 176 valence electrons. The molecule has 4 rings (SSSR count). The second-order valence-electron chi connectivity index (χ2n) is 7.74. The summed E-state index contributed by atoms with van der Waals surface area (Å²) in [6.07, 6.45) is 6.16. The van der Waals surface area contributed by atoms with E-state index >= 15 is 0 Å². The molecule has 0 aliphatic carbocycles. The molecule has 4 aromatic rings. The van der Waals surface area contributed by atoms with Crippen LogP contribution < -0.4 is 10.6 Å². The second-order valence-corrected chi connectivity index (χ2v) is 9.12. The highest BCUT2D eigenvalue weighted by Crippen LogP contribution is 2.22. The standard InChI is InChI=1S/C23H25ClN8OS/c1-14-10-15(2)29-22(28-14)31-21(30-20(33)13-34-23-26-8-9-32(23)3)25-7-6-16-12-27-19-5-4-17(24)11-18(16)19/h4-5,8-12,27H,6-7,13H2,1-3H3,(H2,25,28,29,30,31,33). The fourth-order valence-corrected chi connectivity index (χ4v) is 4.34. The van der Waals surface area contributed by atoms with Crippen molar-refractivity contribution in [3.8, 4) is 0 Å². The van der Waals surface area contributed by atoms with Gasteiger partial charge in [-0.15, -0.1) is 0 Å². The monoisotopic (exact) mass is 496 g/mol. The van der Waals surface area contributed by atoms with Crippen molar-refractivity contribution < 1.29 is 4.79 Å². The number of hydrogen-bond acceptors (Lipinski definition) is 6. The van der Waals surface area contributed by atoms with Crippen molar-refractivity contribution in [2.24, 2.45) is 12.0 Å². The molecule has 0 saturated carbocycles. The lowest BCUT2D eigenvalue weighted by molar-refractivity contribution is -0.117. The predicted molar refractivity (Wildman–Crippen MR) is 137 cm³/mol. The first-order chi connectivity index (χ1) is 16.4. The Kier molecular flexibility index (Phi) is 7.49. The number of fused-ring (bicyclic) bond motifs is 1. The van der Waals surface area contributed by atoms with Gasteiger partial charge in [0.15, 0.2) is 5.16 Å². The maximum absolute atomic E-state index is 12.6. The molecule has 3 N–H and O–H groups in total. The van der Waals surface area contributed by atoms with Gasteiger partial charge >= 0.3 is 0 Å². The van der Waals surface area contributed by atoms with E-state index in [9.17, 15) is 4.79 Å². The van der Waals surface area contributed by atoms with Gasteiger partial charge in [-0.1, -0.05) is 23.4 Å². The van der Waals surface area contributed by atoms with E-state index in [-0.39, 0.29) is 11.7 Å². The van der Waals surface area contributed by atoms with E-state index in [0.29, 0.717) is 29.9 Å². The Morgan fingerprint density at radius 3 is 2.76 bits per heavy atom. The average Bonchev–Trinajstić information content (AvgIpc) is 3.37. The number of nitrogens with one attached hydrogen (secondary N) is 3. The van der Waals surface area contributed by atoms with Crippen LogP contribution in [0.1, 0.15) is 17.0 Å². The summed E-state index contributed by atoms with van der Waals surface area (Å²) in [5.41, 5.74) is 3.76. The van der Waals surface area contributed by atoms with Crippen molar-refractivity contribution in [3.05, 3.63) is 64.8 Å². The van der Waals surface area contributed by atoms with Crippen LogP contribution in [0.2, 0.25) is 5.02 Å². The zero-order chi connectivity index (χ0) is 24.1. The molecule has 9 nitrogen and oxygen atoms in total. The Bertz CT molecular complexity index is 1330. The van der Waals surface area contributed by atoms with Crippen molar-refractivity contribution in [1.82, 2.24) is 29.8 Å². The van der Waals surface area contributed by atoms with Crippen molar-refractivity contribution in [1.29, 1.82) is 0 Å². The molecule has 34 heavy (non-hydrogen) atoms. The first-order valence-corrected chi connectivity index (χ1v) is 12.0. The number of carbonyl (C=O) groups excluding carboxylic acids is 1. The number of aliphatic imine (C=N–C) groups is 1. The third-order valence-electron chi connectivity index (χ3n) is 4.96. The Balaban J connectivity index is 1.47. The lowest BCUT2D eigenvalue weighted by atomic mass is 10.1. The maximum atomic E-state index is 12.6. The van der Waals surface area contributed by atoms with Crippen LogP contribution in [-0.4, -0.2) is 48.7 Å². The number of carbonyl (C=O) groups is 1. The van der Waals surface area contributed by atoms with Gasteiger partial charge in [-0.3, -0.25) is 20.4 Å². The molecule has 3 heterocycles. The van der Waals surface area contributed by atoms with Gasteiger partial charge in [0, 0.05) is 59.5 Å². The van der Waals surface area contributed by atoms with E-state index in [1.54, 1.807) is 6.20 Å². The smallest absolute Gasteiger partial charge is 0.237 e. The summed E-state index contributed by atoms with van der Waals surface area (Å²) in [6, 6.07) is 7.62. The number of hydrogen-bond donors (Lipinski definition) is 3. The van der Waals surface area contributed by atoms with E-state index in [2.05, 4.69) is 35.6 Å². The number of guanidine groups is 1. The molecule has 0 fully saturated rings. The summed E-state index contributed by atoms with van der Waals surface area (Å²) in [4.78, 5) is 33.5. The minimum Gasteiger partial charge on any atom is -0.361 e. The molecule has 0 radical (unpaired) electrons. The lowest BCUT2D eigenvalue weighted by Crippen LogP contribution is -2.38. The average molecular weight is 497 g/mol. The number of amides is 1. The van der Waals surface area contributed by atoms with Gasteiger partial charge in [0.05, 0.1) is 5.75 Å². The van der Waals surface area contributed by atoms with Crippen LogP contribution in [0, 0.1) is 13.8 Å². The summed E-state index contributed by atoms with van der Waals surface area (Å²) in [6.45, 7) is 4.22. The van der Waals surface area contributed by atoms with Crippen molar-refractivity contribution in [3.63, 3.8) is 0 Å². The Morgan fingerprint density at radius 2 is 2.03 bits per heavy atom. The van der Waals surface area contributed by atoms with Crippen LogP contribution in [0.3, 0.4) is 0 Å². The first-order valence-electron chi connectivity index (χ1n) is 10.7. The number of rotatable bonds is 7. The van der Waals surface area contributed by atoms with Crippen LogP contribution in [0.5, 0.6) is 0 Å². The Hall–Kier alpha value is -3.37. The van der Waals surface area contributed by atoms with E-state index in [0.717, 1.165) is 33.0 Å². The topological polar surface area (TPSA) is 113 Å². The molecular formula is C23H25ClN8OS. The Morgan fingerprint density at radius 1 is 1.24 bits per heavy atom. The zero-order valence-corrected chi connectivity index (χ0v) is 20.7. The van der Waals surface area contributed by atoms with E-state index in [1.165, 1.54) is 11.8 Å². The highest BCUT2D eigenvalue weighted by atomic mass is 35.5. The van der Waals surface area contributed by atoms with E-state index in [1.807, 2.05) is 62.1 Å². The molecule has 0 spiro atoms. The molecule has 0 bridgehead atoms. The molecule has 1 amide bonds. The summed E-state index contributed by atoms with van der Waals surface area (Å²) in [5, 5.41) is 8.41. The van der Waals surface area contributed by atoms with E-state index in [4.69, 9.17) is 11.6 Å². The van der Waals surface area contributed by atoms with Crippen LogP contribution >= 0.6 is 23.4 Å². The number of aromatic amines is 1. The quantitative estimate of drug-likeness (QED) is 0.203. The predicted octanol–water partition coefficient (Wildman–Crippen LogP) is 3.88. The van der Waals surface area contributed by atoms with Gasteiger partial charge in [-0.05, 0) is 50.1 Å². The third kappa shape index (κ3) is 6.15. The number of H-pyrrole nitrogens is 1. The van der Waals surface area contributed by atoms with Crippen LogP contribution in [0.25, 0.3) is 10.9 Å². The molecule has 0 aliphatic rings. The van der Waals surface area contributed by atoms with Crippen molar-refractivity contribution in [2.75, 3.05) is 17.6 Å². The number of benzene rings is 1. The molecule has 0 atom stereocenters. The highest BCUT2D eigenvalue weighted by molar-refractivity contribution is 7.99. The molecule has 0 saturated heterocycles. The SMILES string of the molecule is Cc1cc(C)nc(NC(=NCCc2c[nH]c3ccc(Cl)cc23)NC(=O)CSc2nccn2C)n1. The summed E-state index contributed by atoms with van der Waals surface area (Å²) >= 11 is 7.51. The summed E-state index contributed by atoms with van der Waals surface area (Å²) in [5.74, 6) is 0.670. The lowest BCUT2D eigenvalue weighted by Gasteiger charge is -2.11. The molecule has 3 aromatic heterocycles. The Labute approximate surface area is 206 Å². The normalized spacial score (nSPS) is 11.7. The number of imidazole rings is 1. The van der Waals surface area contributed by atoms with Gasteiger partial charge in [0.1, 0.15) is 0 Å². The van der Waals surface area contributed by atoms with Gasteiger partial charge in [0.2, 0.25) is 17.8 Å². The van der Waals surface area contributed by atoms with Gasteiger partial charge < -0.3 is 9.55 Å². The van der Waals surface area contributed by atoms with Crippen LogP contribution in [0.4, 0.5) is 5.95 Å². The van der Waals surface area contributed by atoms with Crippen LogP contribution in [0.15, 0.2) is 53.0 Å². The minimum absolute atomic E-state index is 0.195. The number of anilines is 1. The van der Waals surface area contributed by atoms with Gasteiger partial charge in [-0.2, -0.15) is 0 Å². The second kappa shape index (κ2) is 10.7. The largest absolute Gasteiger partial charge is 0.361 e. The van der Waals surface area contributed by atoms with Crippen molar-refractivity contribution >= 4 is 52.1 Å². The van der Waals surface area contributed by atoms with E-state index < -0.39 is 0 Å². The zero-order valence-electron chi connectivity index (χ0n) is 19.1. The molecule has 1 aromatic carbocycles. The first kappa shape index (κ1) is 23.8. The fourth-order valence-electron chi connectivity index (χ4n) is 3.43.